The normalized spacial score (nSPS) is 17.9. The summed E-state index contributed by atoms with van der Waals surface area (Å²) in [5.41, 5.74) is 1.10. The summed E-state index contributed by atoms with van der Waals surface area (Å²) >= 11 is 6.27. The molecule has 0 bridgehead atoms. The molecule has 1 saturated heterocycles. The van der Waals surface area contributed by atoms with Gasteiger partial charge in [0, 0.05) is 31.2 Å². The van der Waals surface area contributed by atoms with E-state index in [9.17, 15) is 9.59 Å². The van der Waals surface area contributed by atoms with Gasteiger partial charge in [0.1, 0.15) is 0 Å². The van der Waals surface area contributed by atoms with E-state index in [-0.39, 0.29) is 17.9 Å². The minimum atomic E-state index is -0.0841. The van der Waals surface area contributed by atoms with Crippen LogP contribution in [-0.2, 0) is 4.79 Å². The zero-order chi connectivity index (χ0) is 16.8. The molecular weight excluding hydrogens is 314 g/mol. The Balaban J connectivity index is 2.06. The molecule has 6 heteroatoms. The zero-order valence-electron chi connectivity index (χ0n) is 13.7. The van der Waals surface area contributed by atoms with E-state index in [1.54, 1.807) is 25.2 Å². The van der Waals surface area contributed by atoms with Gasteiger partial charge >= 0.3 is 0 Å². The zero-order valence-corrected chi connectivity index (χ0v) is 14.4. The fourth-order valence-electron chi connectivity index (χ4n) is 2.78. The van der Waals surface area contributed by atoms with Gasteiger partial charge < -0.3 is 15.5 Å². The number of amides is 2. The monoisotopic (exact) mass is 337 g/mol. The highest BCUT2D eigenvalue weighted by Gasteiger charge is 2.25. The molecule has 5 nitrogen and oxygen atoms in total. The summed E-state index contributed by atoms with van der Waals surface area (Å²) in [5.74, 6) is -0.116. The topological polar surface area (TPSA) is 61.4 Å². The third-order valence-electron chi connectivity index (χ3n) is 4.15. The van der Waals surface area contributed by atoms with E-state index in [4.69, 9.17) is 11.6 Å². The molecule has 1 unspecified atom stereocenters. The molecule has 1 aromatic carbocycles. The molecule has 1 aliphatic heterocycles. The van der Waals surface area contributed by atoms with Gasteiger partial charge in [-0.15, -0.1) is 0 Å². The van der Waals surface area contributed by atoms with E-state index in [1.165, 1.54) is 0 Å². The van der Waals surface area contributed by atoms with Gasteiger partial charge in [0.25, 0.3) is 5.91 Å². The number of piperidine rings is 1. The van der Waals surface area contributed by atoms with Gasteiger partial charge in [0.05, 0.1) is 10.6 Å². The minimum Gasteiger partial charge on any atom is -0.336 e. The van der Waals surface area contributed by atoms with Gasteiger partial charge in [-0.2, -0.15) is 0 Å². The van der Waals surface area contributed by atoms with Crippen LogP contribution in [0.5, 0.6) is 0 Å². The number of hydrogen-bond donors (Lipinski definition) is 2. The van der Waals surface area contributed by atoms with Crippen molar-refractivity contribution in [3.63, 3.8) is 0 Å². The number of rotatable bonds is 5. The molecule has 0 radical (unpaired) electrons. The Morgan fingerprint density at radius 2 is 2.13 bits per heavy atom. The maximum absolute atomic E-state index is 12.7. The van der Waals surface area contributed by atoms with Gasteiger partial charge in [-0.25, -0.2) is 0 Å². The Kier molecular flexibility index (Phi) is 6.42. The van der Waals surface area contributed by atoms with Crippen molar-refractivity contribution >= 4 is 29.1 Å². The van der Waals surface area contributed by atoms with Crippen LogP contribution in [0.2, 0.25) is 5.02 Å². The van der Waals surface area contributed by atoms with Gasteiger partial charge in [0.15, 0.2) is 0 Å². The summed E-state index contributed by atoms with van der Waals surface area (Å²) in [7, 11) is 1.80. The molecule has 1 fully saturated rings. The molecule has 0 aromatic heterocycles. The first kappa shape index (κ1) is 17.8. The molecular formula is C17H24ClN3O2. The Hall–Kier alpha value is -1.59. The molecule has 0 spiro atoms. The molecule has 23 heavy (non-hydrogen) atoms. The van der Waals surface area contributed by atoms with E-state index in [0.29, 0.717) is 29.2 Å². The highest BCUT2D eigenvalue weighted by atomic mass is 35.5. The second kappa shape index (κ2) is 8.31. The van der Waals surface area contributed by atoms with Crippen LogP contribution < -0.4 is 10.6 Å². The lowest BCUT2D eigenvalue weighted by Crippen LogP contribution is -2.42. The highest BCUT2D eigenvalue weighted by molar-refractivity contribution is 6.34. The molecule has 1 aliphatic rings. The first-order valence-electron chi connectivity index (χ1n) is 8.08. The fraction of sp³-hybridized carbons (Fsp3) is 0.529. The minimum absolute atomic E-state index is 0.0322. The van der Waals surface area contributed by atoms with E-state index < -0.39 is 0 Å². The predicted molar refractivity (Wildman–Crippen MR) is 93.0 cm³/mol. The summed E-state index contributed by atoms with van der Waals surface area (Å²) < 4.78 is 0. The van der Waals surface area contributed by atoms with Crippen molar-refractivity contribution in [2.24, 2.45) is 0 Å². The van der Waals surface area contributed by atoms with Crippen molar-refractivity contribution in [1.29, 1.82) is 0 Å². The number of nitrogens with zero attached hydrogens (tertiary/aromatic N) is 1. The van der Waals surface area contributed by atoms with Crippen LogP contribution in [0.25, 0.3) is 0 Å². The molecule has 0 aliphatic carbocycles. The first-order chi connectivity index (χ1) is 11.0. The number of anilines is 1. The Morgan fingerprint density at radius 3 is 2.78 bits per heavy atom. The maximum Gasteiger partial charge on any atom is 0.255 e. The number of hydrogen-bond acceptors (Lipinski definition) is 3. The van der Waals surface area contributed by atoms with Crippen molar-refractivity contribution in [3.8, 4) is 0 Å². The van der Waals surface area contributed by atoms with E-state index in [1.807, 2.05) is 4.90 Å². The van der Waals surface area contributed by atoms with Crippen molar-refractivity contribution in [3.05, 3.63) is 28.8 Å². The average Bonchev–Trinajstić information content (AvgIpc) is 2.53. The van der Waals surface area contributed by atoms with Crippen LogP contribution in [0.4, 0.5) is 5.69 Å². The smallest absolute Gasteiger partial charge is 0.255 e. The predicted octanol–water partition coefficient (Wildman–Crippen LogP) is 2.90. The van der Waals surface area contributed by atoms with Crippen molar-refractivity contribution in [2.45, 2.75) is 38.6 Å². The van der Waals surface area contributed by atoms with Crippen LogP contribution >= 0.6 is 11.6 Å². The summed E-state index contributed by atoms with van der Waals surface area (Å²) in [6, 6.07) is 5.30. The third-order valence-corrected chi connectivity index (χ3v) is 4.46. The summed E-state index contributed by atoms with van der Waals surface area (Å²) in [5, 5.41) is 6.08. The van der Waals surface area contributed by atoms with Gasteiger partial charge in [-0.3, -0.25) is 9.59 Å². The van der Waals surface area contributed by atoms with E-state index in [2.05, 4.69) is 17.6 Å². The lowest BCUT2D eigenvalue weighted by Gasteiger charge is -2.33. The second-order valence-electron chi connectivity index (χ2n) is 5.94. The van der Waals surface area contributed by atoms with Gasteiger partial charge in [-0.05, 0) is 51.4 Å². The summed E-state index contributed by atoms with van der Waals surface area (Å²) in [4.78, 5) is 26.3. The number of likely N-dealkylation sites (tertiary alicyclic amines) is 1. The molecule has 1 aromatic rings. The molecule has 126 valence electrons. The summed E-state index contributed by atoms with van der Waals surface area (Å²) in [6.45, 7) is 3.46. The highest BCUT2D eigenvalue weighted by Crippen LogP contribution is 2.25. The standard InChI is InChI=1S/C17H24ClN3O2/c1-12-5-3-4-10-21(12)17(23)14-7-6-13(11-15(14)18)20-16(22)8-9-19-2/h6-7,11-12,19H,3-5,8-10H2,1-2H3,(H,20,22). The Morgan fingerprint density at radius 1 is 1.35 bits per heavy atom. The lowest BCUT2D eigenvalue weighted by atomic mass is 10.0. The first-order valence-corrected chi connectivity index (χ1v) is 8.45. The van der Waals surface area contributed by atoms with Crippen LogP contribution in [-0.4, -0.2) is 42.9 Å². The quantitative estimate of drug-likeness (QED) is 0.868. The molecule has 2 rings (SSSR count). The van der Waals surface area contributed by atoms with Crippen LogP contribution in [0.15, 0.2) is 18.2 Å². The van der Waals surface area contributed by atoms with Crippen LogP contribution in [0.1, 0.15) is 43.0 Å². The number of nitrogens with one attached hydrogen (secondary N) is 2. The van der Waals surface area contributed by atoms with Crippen molar-refractivity contribution in [1.82, 2.24) is 10.2 Å². The third kappa shape index (κ3) is 4.69. The van der Waals surface area contributed by atoms with Crippen LogP contribution in [0.3, 0.4) is 0 Å². The molecule has 2 amide bonds. The average molecular weight is 338 g/mol. The molecule has 0 saturated carbocycles. The van der Waals surface area contributed by atoms with Gasteiger partial charge in [0.2, 0.25) is 5.91 Å². The van der Waals surface area contributed by atoms with Crippen molar-refractivity contribution in [2.75, 3.05) is 25.5 Å². The van der Waals surface area contributed by atoms with E-state index in [0.717, 1.165) is 25.8 Å². The largest absolute Gasteiger partial charge is 0.336 e. The van der Waals surface area contributed by atoms with E-state index >= 15 is 0 Å². The van der Waals surface area contributed by atoms with Crippen LogP contribution in [0, 0.1) is 0 Å². The lowest BCUT2D eigenvalue weighted by molar-refractivity contribution is -0.116. The number of carbonyl (C=O) groups excluding carboxylic acids is 2. The fourth-order valence-corrected chi connectivity index (χ4v) is 3.04. The number of benzene rings is 1. The Labute approximate surface area is 142 Å². The Bertz CT molecular complexity index is 577. The second-order valence-corrected chi connectivity index (χ2v) is 6.35. The molecule has 1 heterocycles. The summed E-state index contributed by atoms with van der Waals surface area (Å²) in [6.07, 6.45) is 3.62. The maximum atomic E-state index is 12.7. The number of halogens is 1. The molecule has 2 N–H and O–H groups in total. The number of carbonyl (C=O) groups is 2. The van der Waals surface area contributed by atoms with Crippen molar-refractivity contribution < 1.29 is 9.59 Å². The molecule has 1 atom stereocenters. The van der Waals surface area contributed by atoms with Gasteiger partial charge in [-0.1, -0.05) is 11.6 Å². The SMILES string of the molecule is CNCCC(=O)Nc1ccc(C(=O)N2CCCCC2C)c(Cl)c1.